The number of carbonyl (C=O) groups is 8. The number of aliphatic carboxylic acids is 2. The lowest BCUT2D eigenvalue weighted by atomic mass is 10.0. The molecule has 0 fully saturated rings. The van der Waals surface area contributed by atoms with Crippen molar-refractivity contribution in [1.82, 2.24) is 47.4 Å². The Morgan fingerprint density at radius 2 is 0.614 bits per heavy atom. The van der Waals surface area contributed by atoms with Crippen LogP contribution in [0.4, 0.5) is 0 Å². The van der Waals surface area contributed by atoms with Crippen LogP contribution in [0.25, 0.3) is 0 Å². The molecule has 0 saturated heterocycles. The number of carboxylic acids is 2. The lowest BCUT2D eigenvalue weighted by Crippen LogP contribution is -2.53. The smallest absolute Gasteiger partial charge is 0.373 e. The Balaban J connectivity index is 0.000000352. The Morgan fingerprint density at radius 1 is 0.331 bits per heavy atom. The molecular formula is C102H139N9O16. The lowest BCUT2D eigenvalue weighted by Gasteiger charge is -2.30. The van der Waals surface area contributed by atoms with E-state index in [1.54, 1.807) is 7.05 Å². The van der Waals surface area contributed by atoms with Gasteiger partial charge in [-0.05, 0) is 207 Å². The third-order valence-corrected chi connectivity index (χ3v) is 19.1. The number of benzene rings is 8. The molecule has 0 aliphatic rings. The molecule has 0 aliphatic carbocycles. The highest BCUT2D eigenvalue weighted by atomic mass is 16.5. The van der Waals surface area contributed by atoms with E-state index in [9.17, 15) is 48.6 Å². The Kier molecular flexibility index (Phi) is 49.4. The normalized spacial score (nSPS) is 12.8. The summed E-state index contributed by atoms with van der Waals surface area (Å²) in [6.45, 7) is 35.0. The van der Waals surface area contributed by atoms with Gasteiger partial charge in [0.15, 0.2) is 5.78 Å². The highest BCUT2D eigenvalue weighted by molar-refractivity contribution is 5.94. The minimum absolute atomic E-state index is 0.0461. The molecule has 10 N–H and O–H groups in total. The molecule has 8 rings (SSSR count). The zero-order chi connectivity index (χ0) is 94.1. The molecule has 0 radical (unpaired) electrons. The van der Waals surface area contributed by atoms with Crippen molar-refractivity contribution < 1.29 is 77.1 Å². The van der Waals surface area contributed by atoms with Gasteiger partial charge in [0.1, 0.15) is 35.1 Å². The van der Waals surface area contributed by atoms with Gasteiger partial charge in [0, 0.05) is 50.6 Å². The molecule has 0 spiro atoms. The first-order valence-corrected chi connectivity index (χ1v) is 43.9. The van der Waals surface area contributed by atoms with Crippen LogP contribution >= 0.6 is 0 Å². The van der Waals surface area contributed by atoms with Crippen LogP contribution in [0.3, 0.4) is 0 Å². The minimum atomic E-state index is -1.03. The Bertz CT molecular complexity index is 4530. The predicted molar refractivity (Wildman–Crippen MR) is 499 cm³/mol. The Labute approximate surface area is 752 Å². The van der Waals surface area contributed by atoms with Gasteiger partial charge in [-0.1, -0.05) is 225 Å². The molecule has 0 bridgehead atoms. The molecule has 0 heterocycles. The van der Waals surface area contributed by atoms with Gasteiger partial charge in [-0.15, -0.1) is 0 Å². The molecule has 8 aromatic rings. The molecule has 0 unspecified atom stereocenters. The number of likely N-dealkylation sites (N-methyl/N-ethyl adjacent to an activating group) is 1. The number of amides is 5. The zero-order valence-electron chi connectivity index (χ0n) is 77.7. The van der Waals surface area contributed by atoms with Gasteiger partial charge >= 0.3 is 18.1 Å². The number of ketones is 1. The van der Waals surface area contributed by atoms with E-state index in [4.69, 9.17) is 28.5 Å². The van der Waals surface area contributed by atoms with Crippen LogP contribution in [0, 0.1) is 0 Å². The maximum absolute atomic E-state index is 13.3. The number of Topliss-reactive ketones (excluding diaryl/α,β-unsaturated/α-hetero) is 1. The molecule has 8 atom stereocenters. The molecule has 0 saturated carbocycles. The molecule has 127 heavy (non-hydrogen) atoms. The molecule has 8 aromatic carbocycles. The number of rotatable bonds is 46. The van der Waals surface area contributed by atoms with Crippen LogP contribution in [-0.2, 0) is 99.3 Å². The highest BCUT2D eigenvalue weighted by Crippen LogP contribution is 2.22. The monoisotopic (exact) mass is 1750 g/mol. The Hall–Kier alpha value is -11.9. The third kappa shape index (κ3) is 45.2. The van der Waals surface area contributed by atoms with Crippen molar-refractivity contribution in [2.45, 2.75) is 279 Å². The maximum Gasteiger partial charge on any atom is 0.373 e. The Morgan fingerprint density at radius 3 is 0.929 bits per heavy atom. The second-order valence-corrected chi connectivity index (χ2v) is 33.8. The van der Waals surface area contributed by atoms with Crippen molar-refractivity contribution in [2.24, 2.45) is 0 Å². The number of hydrogen-bond acceptors (Lipinski definition) is 18. The number of ether oxygens (including phenoxy) is 4. The fourth-order valence-corrected chi connectivity index (χ4v) is 13.6. The van der Waals surface area contributed by atoms with E-state index < -0.39 is 48.2 Å². The fourth-order valence-electron chi connectivity index (χ4n) is 13.6. The standard InChI is InChI=1S/C27H37N3O4.2C25H34N2O4.C24H34N2O2.CO2/c1-18(2)29-25(16-21-9-7-6-8-10-21)27(33)28-17-26(32)24(30-20(5)31)15-22-11-13-23(14-12-22)34-19(3)4;1-17(2)26-22(15-19-9-7-6-8-10-19)24(28)27(5)23(25(29)30)16-20-11-13-21(14-12-20)31-18(3)4;1-17(2)26-23(16-20-8-6-5-7-9-20)24(28)27-22(25(29)30)15-12-19-10-13-21(14-11-19)31-18(3)4;1-17(2)25-23(16-20-9-7-6-8-10-20)24(27)26-19(5)15-21-11-13-22(14-12-21)28-18(3)4;2-1-3/h6-14,18-19,24-25,29H,15-17H2,1-5H3,(H,28,33)(H,30,31);6-14,17-18,22-23,26H,15-16H2,1-5H3,(H,29,30);5-11,13-14,17-18,22-23,26H,12,15-16H2,1-4H3,(H,27,28)(H,29,30);6-14,17-19,23,25H,15-16H2,1-5H3,(H,26,27);/t24-,25+;22-,23-;22-,23+;19-,23+;/m1011./s1. The van der Waals surface area contributed by atoms with Crippen LogP contribution in [0.15, 0.2) is 218 Å². The van der Waals surface area contributed by atoms with Crippen molar-refractivity contribution in [2.75, 3.05) is 13.6 Å². The van der Waals surface area contributed by atoms with Gasteiger partial charge in [-0.25, -0.2) is 9.59 Å². The van der Waals surface area contributed by atoms with E-state index in [-0.39, 0.29) is 115 Å². The first-order chi connectivity index (χ1) is 60.3. The summed E-state index contributed by atoms with van der Waals surface area (Å²) in [7, 11) is 1.57. The molecule has 5 amide bonds. The molecule has 25 nitrogen and oxygen atoms in total. The van der Waals surface area contributed by atoms with Gasteiger partial charge in [-0.2, -0.15) is 9.59 Å². The first-order valence-electron chi connectivity index (χ1n) is 43.9. The summed E-state index contributed by atoms with van der Waals surface area (Å²) in [5, 5.41) is 44.0. The summed E-state index contributed by atoms with van der Waals surface area (Å²) in [4.78, 5) is 118. The number of hydrogen-bond donors (Lipinski definition) is 10. The quantitative estimate of drug-likeness (QED) is 0.0169. The van der Waals surface area contributed by atoms with Crippen molar-refractivity contribution in [3.8, 4) is 23.0 Å². The topological polar surface area (TPSA) is 348 Å². The van der Waals surface area contributed by atoms with Gasteiger partial charge in [-0.3, -0.25) is 28.8 Å². The van der Waals surface area contributed by atoms with Crippen LogP contribution < -0.4 is 61.5 Å². The summed E-state index contributed by atoms with van der Waals surface area (Å²) in [5.41, 5.74) is 8.13. The van der Waals surface area contributed by atoms with E-state index >= 15 is 0 Å². The third-order valence-electron chi connectivity index (χ3n) is 19.1. The van der Waals surface area contributed by atoms with Gasteiger partial charge < -0.3 is 76.6 Å². The van der Waals surface area contributed by atoms with Crippen LogP contribution in [0.1, 0.15) is 176 Å². The van der Waals surface area contributed by atoms with E-state index in [0.717, 1.165) is 68.4 Å². The van der Waals surface area contributed by atoms with Crippen molar-refractivity contribution in [1.29, 1.82) is 0 Å². The summed E-state index contributed by atoms with van der Waals surface area (Å²) in [6.07, 6.45) is 5.02. The number of carbonyl (C=O) groups excluding carboxylic acids is 8. The second kappa shape index (κ2) is 58.4. The second-order valence-electron chi connectivity index (χ2n) is 33.8. The molecular weight excluding hydrogens is 1610 g/mol. The summed E-state index contributed by atoms with van der Waals surface area (Å²) in [5.74, 6) is -0.207. The highest BCUT2D eigenvalue weighted by Gasteiger charge is 2.33. The number of nitrogens with one attached hydrogen (secondary N) is 8. The molecule has 0 aromatic heterocycles. The van der Waals surface area contributed by atoms with Crippen molar-refractivity contribution >= 4 is 53.4 Å². The average Bonchev–Trinajstić information content (AvgIpc) is 0.834. The summed E-state index contributed by atoms with van der Waals surface area (Å²) >= 11 is 0. The minimum Gasteiger partial charge on any atom is -0.491 e. The fraction of sp³-hybridized carbons (Fsp3) is 0.441. The summed E-state index contributed by atoms with van der Waals surface area (Å²) < 4.78 is 22.6. The molecule has 0 aliphatic heterocycles. The molecule has 688 valence electrons. The SMILES string of the molecule is CC(=O)N[C@H](Cc1ccc(OC(C)C)cc1)C(=O)CNC(=O)[C@H](Cc1ccccc1)NC(C)C.CC(C)N[C@@H](Cc1ccccc1)C(=O)N(C)[C@@H](Cc1ccc(OC(C)C)cc1)C(=O)O.CC(C)N[C@@H](Cc1ccccc1)C(=O)N[C@H](C)Cc1ccc(OC(C)C)cc1.CC(C)N[C@@H](Cc1ccccc1)C(=O)N[C@H](CCc1ccc(OC(C)C)cc1)C(=O)O.O=C=O. The van der Waals surface area contributed by atoms with Gasteiger partial charge in [0.25, 0.3) is 0 Å². The van der Waals surface area contributed by atoms with Crippen LogP contribution in [0.2, 0.25) is 0 Å². The molecule has 25 heteroatoms. The maximum atomic E-state index is 13.3. The summed E-state index contributed by atoms with van der Waals surface area (Å²) in [6, 6.07) is 66.0. The largest absolute Gasteiger partial charge is 0.491 e. The van der Waals surface area contributed by atoms with E-state index in [0.29, 0.717) is 44.9 Å². The predicted octanol–water partition coefficient (Wildman–Crippen LogP) is 13.5. The van der Waals surface area contributed by atoms with Crippen molar-refractivity contribution in [3.05, 3.63) is 263 Å². The lowest BCUT2D eigenvalue weighted by molar-refractivity contribution is -0.192. The van der Waals surface area contributed by atoms with Gasteiger partial charge in [0.05, 0.1) is 61.2 Å². The van der Waals surface area contributed by atoms with Crippen LogP contribution in [-0.4, -0.2) is 179 Å². The number of carboxylic acid groups (broad SMARTS) is 2. The van der Waals surface area contributed by atoms with E-state index in [1.165, 1.54) is 17.4 Å². The van der Waals surface area contributed by atoms with E-state index in [1.807, 2.05) is 298 Å². The first kappa shape index (κ1) is 107. The number of aryl methyl sites for hydroxylation is 1. The average molecular weight is 1750 g/mol. The number of nitrogens with zero attached hydrogens (tertiary/aromatic N) is 1. The van der Waals surface area contributed by atoms with Crippen molar-refractivity contribution in [3.63, 3.8) is 0 Å². The zero-order valence-corrected chi connectivity index (χ0v) is 77.7. The van der Waals surface area contributed by atoms with E-state index in [2.05, 4.69) is 80.6 Å². The van der Waals surface area contributed by atoms with Gasteiger partial charge in [0.2, 0.25) is 29.5 Å². The van der Waals surface area contributed by atoms with Crippen LogP contribution in [0.5, 0.6) is 23.0 Å².